The molecule has 1 atom stereocenters. The van der Waals surface area contributed by atoms with Gasteiger partial charge in [0.2, 0.25) is 5.91 Å². The number of hydrogen-bond acceptors (Lipinski definition) is 2. The zero-order valence-corrected chi connectivity index (χ0v) is 11.3. The number of carbonyl (C=O) groups excluding carboxylic acids is 1. The maximum absolute atomic E-state index is 12.5. The fourth-order valence-electron chi connectivity index (χ4n) is 1.87. The van der Waals surface area contributed by atoms with Crippen molar-refractivity contribution in [2.24, 2.45) is 5.73 Å². The number of amides is 1. The van der Waals surface area contributed by atoms with E-state index in [1.165, 1.54) is 11.0 Å². The van der Waals surface area contributed by atoms with Crippen molar-refractivity contribution >= 4 is 34.2 Å². The summed E-state index contributed by atoms with van der Waals surface area (Å²) in [6.45, 7) is 0.347. The third-order valence-corrected chi connectivity index (χ3v) is 3.58. The molecule has 98 valence electrons. The molecule has 0 radical (unpaired) electrons. The molecule has 0 aromatic heterocycles. The molecule has 1 saturated heterocycles. The standard InChI is InChI=1S/C11H10F3IN2O/c12-11(13,14)6-1-2-9(8(15)3-6)17-5-7(16)4-10(17)18/h1-3,7H,4-5,16H2. The summed E-state index contributed by atoms with van der Waals surface area (Å²) < 4.78 is 37.9. The number of halogens is 4. The summed E-state index contributed by atoms with van der Waals surface area (Å²) >= 11 is 1.80. The molecule has 1 heterocycles. The number of nitrogens with zero attached hydrogens (tertiary/aromatic N) is 1. The number of anilines is 1. The van der Waals surface area contributed by atoms with E-state index in [0.29, 0.717) is 15.8 Å². The van der Waals surface area contributed by atoms with Crippen LogP contribution in [0.15, 0.2) is 18.2 Å². The maximum atomic E-state index is 12.5. The van der Waals surface area contributed by atoms with Crippen LogP contribution in [0.2, 0.25) is 0 Å². The zero-order valence-electron chi connectivity index (χ0n) is 9.17. The summed E-state index contributed by atoms with van der Waals surface area (Å²) in [5.41, 5.74) is 5.43. The second kappa shape index (κ2) is 4.69. The number of benzene rings is 1. The Kier molecular flexibility index (Phi) is 3.54. The van der Waals surface area contributed by atoms with Gasteiger partial charge < -0.3 is 10.6 Å². The SMILES string of the molecule is NC1CC(=O)N(c2ccc(C(F)(F)F)cc2I)C1. The lowest BCUT2D eigenvalue weighted by Gasteiger charge is -2.19. The van der Waals surface area contributed by atoms with Crippen molar-refractivity contribution in [3.05, 3.63) is 27.3 Å². The molecule has 1 aliphatic rings. The smallest absolute Gasteiger partial charge is 0.326 e. The molecule has 0 bridgehead atoms. The Morgan fingerprint density at radius 1 is 1.39 bits per heavy atom. The van der Waals surface area contributed by atoms with Crippen LogP contribution < -0.4 is 10.6 Å². The molecule has 1 aliphatic heterocycles. The van der Waals surface area contributed by atoms with Gasteiger partial charge in [0, 0.05) is 22.6 Å². The average molecular weight is 370 g/mol. The number of carbonyl (C=O) groups is 1. The molecule has 1 unspecified atom stereocenters. The molecule has 0 spiro atoms. The highest BCUT2D eigenvalue weighted by atomic mass is 127. The fourth-order valence-corrected chi connectivity index (χ4v) is 2.68. The van der Waals surface area contributed by atoms with Gasteiger partial charge in [-0.2, -0.15) is 13.2 Å². The molecule has 3 nitrogen and oxygen atoms in total. The summed E-state index contributed by atoms with van der Waals surface area (Å²) in [5, 5.41) is 0. The lowest BCUT2D eigenvalue weighted by atomic mass is 10.2. The topological polar surface area (TPSA) is 46.3 Å². The van der Waals surface area contributed by atoms with E-state index < -0.39 is 11.7 Å². The molecule has 0 saturated carbocycles. The van der Waals surface area contributed by atoms with Gasteiger partial charge in [-0.15, -0.1) is 0 Å². The molecule has 1 aromatic rings. The van der Waals surface area contributed by atoms with Crippen LogP contribution in [0, 0.1) is 3.57 Å². The highest BCUT2D eigenvalue weighted by Crippen LogP contribution is 2.34. The summed E-state index contributed by atoms with van der Waals surface area (Å²) in [7, 11) is 0. The number of rotatable bonds is 1. The average Bonchev–Trinajstić information content (AvgIpc) is 2.56. The van der Waals surface area contributed by atoms with E-state index in [1.807, 2.05) is 0 Å². The van der Waals surface area contributed by atoms with E-state index in [0.717, 1.165) is 12.1 Å². The highest BCUT2D eigenvalue weighted by molar-refractivity contribution is 14.1. The minimum absolute atomic E-state index is 0.153. The first-order valence-corrected chi connectivity index (χ1v) is 6.29. The van der Waals surface area contributed by atoms with Crippen molar-refractivity contribution < 1.29 is 18.0 Å². The van der Waals surface area contributed by atoms with Crippen molar-refractivity contribution in [1.82, 2.24) is 0 Å². The van der Waals surface area contributed by atoms with Gasteiger partial charge >= 0.3 is 6.18 Å². The van der Waals surface area contributed by atoms with Crippen LogP contribution in [0.25, 0.3) is 0 Å². The fraction of sp³-hybridized carbons (Fsp3) is 0.364. The van der Waals surface area contributed by atoms with Gasteiger partial charge in [-0.25, -0.2) is 0 Å². The van der Waals surface area contributed by atoms with Crippen LogP contribution in [0.5, 0.6) is 0 Å². The van der Waals surface area contributed by atoms with E-state index in [2.05, 4.69) is 0 Å². The molecular formula is C11H10F3IN2O. The summed E-state index contributed by atoms with van der Waals surface area (Å²) in [6.07, 6.45) is -4.14. The third-order valence-electron chi connectivity index (χ3n) is 2.72. The lowest BCUT2D eigenvalue weighted by molar-refractivity contribution is -0.137. The largest absolute Gasteiger partial charge is 0.416 e. The maximum Gasteiger partial charge on any atom is 0.416 e. The number of hydrogen-bond donors (Lipinski definition) is 1. The number of nitrogens with two attached hydrogens (primary N) is 1. The minimum Gasteiger partial charge on any atom is -0.326 e. The molecule has 2 N–H and O–H groups in total. The van der Waals surface area contributed by atoms with Crippen molar-refractivity contribution in [2.45, 2.75) is 18.6 Å². The minimum atomic E-state index is -4.37. The highest BCUT2D eigenvalue weighted by Gasteiger charge is 2.33. The predicted octanol–water partition coefficient (Wildman–Crippen LogP) is 2.37. The first kappa shape index (κ1) is 13.6. The molecule has 1 aromatic carbocycles. The van der Waals surface area contributed by atoms with Crippen LogP contribution >= 0.6 is 22.6 Å². The Morgan fingerprint density at radius 2 is 2.06 bits per heavy atom. The summed E-state index contributed by atoms with van der Waals surface area (Å²) in [4.78, 5) is 13.1. The molecule has 2 rings (SSSR count). The lowest BCUT2D eigenvalue weighted by Crippen LogP contribution is -2.28. The van der Waals surface area contributed by atoms with E-state index >= 15 is 0 Å². The summed E-state index contributed by atoms with van der Waals surface area (Å²) in [5.74, 6) is -0.153. The van der Waals surface area contributed by atoms with Gasteiger partial charge in [0.1, 0.15) is 0 Å². The first-order valence-electron chi connectivity index (χ1n) is 5.21. The van der Waals surface area contributed by atoms with Crippen LogP contribution in [-0.4, -0.2) is 18.5 Å². The Labute approximate surface area is 115 Å². The monoisotopic (exact) mass is 370 g/mol. The van der Waals surface area contributed by atoms with Gasteiger partial charge in [-0.05, 0) is 40.8 Å². The molecule has 1 fully saturated rings. The summed E-state index contributed by atoms with van der Waals surface area (Å²) in [6, 6.07) is 3.08. The van der Waals surface area contributed by atoms with Crippen LogP contribution in [0.3, 0.4) is 0 Å². The Morgan fingerprint density at radius 3 is 2.50 bits per heavy atom. The van der Waals surface area contributed by atoms with Gasteiger partial charge in [0.15, 0.2) is 0 Å². The van der Waals surface area contributed by atoms with E-state index in [-0.39, 0.29) is 18.4 Å². The molecule has 0 aliphatic carbocycles. The second-order valence-corrected chi connectivity index (χ2v) is 5.29. The predicted molar refractivity (Wildman–Crippen MR) is 69.1 cm³/mol. The molecule has 1 amide bonds. The van der Waals surface area contributed by atoms with Gasteiger partial charge in [-0.3, -0.25) is 4.79 Å². The first-order chi connectivity index (χ1) is 8.29. The van der Waals surface area contributed by atoms with Crippen LogP contribution in [0.4, 0.5) is 18.9 Å². The van der Waals surface area contributed by atoms with Crippen LogP contribution in [-0.2, 0) is 11.0 Å². The van der Waals surface area contributed by atoms with Crippen molar-refractivity contribution in [3.8, 4) is 0 Å². The van der Waals surface area contributed by atoms with Crippen molar-refractivity contribution in [3.63, 3.8) is 0 Å². The second-order valence-electron chi connectivity index (χ2n) is 4.13. The molecule has 18 heavy (non-hydrogen) atoms. The zero-order chi connectivity index (χ0) is 13.5. The molecule has 7 heteroatoms. The Balaban J connectivity index is 2.34. The van der Waals surface area contributed by atoms with Gasteiger partial charge in [-0.1, -0.05) is 0 Å². The quantitative estimate of drug-likeness (QED) is 0.772. The van der Waals surface area contributed by atoms with E-state index in [9.17, 15) is 18.0 Å². The molecular weight excluding hydrogens is 360 g/mol. The third kappa shape index (κ3) is 2.61. The van der Waals surface area contributed by atoms with E-state index in [4.69, 9.17) is 5.73 Å². The Bertz CT molecular complexity index is 490. The van der Waals surface area contributed by atoms with Crippen molar-refractivity contribution in [1.29, 1.82) is 0 Å². The van der Waals surface area contributed by atoms with Crippen LogP contribution in [0.1, 0.15) is 12.0 Å². The van der Waals surface area contributed by atoms with Crippen molar-refractivity contribution in [2.75, 3.05) is 11.4 Å². The Hall–Kier alpha value is -0.830. The number of alkyl halides is 3. The normalized spacial score (nSPS) is 20.6. The van der Waals surface area contributed by atoms with E-state index in [1.54, 1.807) is 22.6 Å². The van der Waals surface area contributed by atoms with Gasteiger partial charge in [0.05, 0.1) is 11.3 Å². The van der Waals surface area contributed by atoms with Gasteiger partial charge in [0.25, 0.3) is 0 Å².